The van der Waals surface area contributed by atoms with Gasteiger partial charge >= 0.3 is 0 Å². The van der Waals surface area contributed by atoms with Gasteiger partial charge < -0.3 is 22.2 Å². The van der Waals surface area contributed by atoms with Gasteiger partial charge in [0.15, 0.2) is 5.82 Å². The van der Waals surface area contributed by atoms with Gasteiger partial charge in [-0.15, -0.1) is 0 Å². The molecule has 0 saturated heterocycles. The monoisotopic (exact) mass is 450 g/mol. The van der Waals surface area contributed by atoms with Crippen LogP contribution in [0.3, 0.4) is 0 Å². The van der Waals surface area contributed by atoms with Crippen molar-refractivity contribution in [3.05, 3.63) is 52.1 Å². The van der Waals surface area contributed by atoms with Crippen LogP contribution in [0.25, 0.3) is 5.70 Å². The number of rotatable bonds is 3. The molecule has 1 aliphatic heterocycles. The van der Waals surface area contributed by atoms with E-state index in [9.17, 15) is 0 Å². The van der Waals surface area contributed by atoms with Gasteiger partial charge in [-0.25, -0.2) is 9.66 Å². The van der Waals surface area contributed by atoms with E-state index in [1.54, 1.807) is 6.20 Å². The third-order valence-corrected chi connectivity index (χ3v) is 5.80. The molecule has 0 spiro atoms. The Labute approximate surface area is 161 Å². The molecule has 2 aliphatic rings. The normalized spacial score (nSPS) is 28.7. The summed E-state index contributed by atoms with van der Waals surface area (Å²) >= 11 is 2.31. The summed E-state index contributed by atoms with van der Waals surface area (Å²) in [6.45, 7) is 0. The van der Waals surface area contributed by atoms with Crippen LogP contribution >= 0.6 is 22.6 Å². The first-order valence-corrected chi connectivity index (χ1v) is 9.73. The summed E-state index contributed by atoms with van der Waals surface area (Å²) in [5, 5.41) is 3.50. The number of aromatic nitrogens is 2. The van der Waals surface area contributed by atoms with Crippen LogP contribution in [-0.4, -0.2) is 21.4 Å². The highest BCUT2D eigenvalue weighted by Gasteiger charge is 2.39. The Morgan fingerprint density at radius 3 is 2.84 bits per heavy atom. The first-order valence-electron chi connectivity index (χ1n) is 8.65. The second-order valence-electron chi connectivity index (χ2n) is 6.97. The lowest BCUT2D eigenvalue weighted by Gasteiger charge is -2.42. The van der Waals surface area contributed by atoms with E-state index in [1.807, 2.05) is 16.9 Å². The van der Waals surface area contributed by atoms with Crippen LogP contribution in [0.5, 0.6) is 0 Å². The molecule has 1 aromatic heterocycles. The zero-order valence-corrected chi connectivity index (χ0v) is 16.1. The van der Waals surface area contributed by atoms with Gasteiger partial charge in [0.25, 0.3) is 0 Å². The summed E-state index contributed by atoms with van der Waals surface area (Å²) in [5.41, 5.74) is 17.7. The molecule has 1 fully saturated rings. The maximum Gasteiger partial charge on any atom is 0.174 e. The van der Waals surface area contributed by atoms with Crippen molar-refractivity contribution in [1.29, 1.82) is 0 Å². The zero-order valence-electron chi connectivity index (χ0n) is 14.0. The molecule has 1 aromatic carbocycles. The Morgan fingerprint density at radius 1 is 1.28 bits per heavy atom. The molecule has 132 valence electrons. The number of halogens is 1. The summed E-state index contributed by atoms with van der Waals surface area (Å²) in [6, 6.07) is 8.57. The van der Waals surface area contributed by atoms with E-state index >= 15 is 0 Å². The van der Waals surface area contributed by atoms with Crippen molar-refractivity contribution in [2.45, 2.75) is 37.4 Å². The molecule has 6 nitrogen and oxygen atoms in total. The van der Waals surface area contributed by atoms with Crippen molar-refractivity contribution in [2.75, 3.05) is 10.7 Å². The van der Waals surface area contributed by atoms with E-state index in [1.165, 1.54) is 3.57 Å². The molecule has 25 heavy (non-hydrogen) atoms. The van der Waals surface area contributed by atoms with Crippen molar-refractivity contribution in [3.8, 4) is 0 Å². The Kier molecular flexibility index (Phi) is 4.47. The molecule has 0 radical (unpaired) electrons. The average Bonchev–Trinajstić information content (AvgIpc) is 3.03. The van der Waals surface area contributed by atoms with Crippen molar-refractivity contribution >= 4 is 34.0 Å². The summed E-state index contributed by atoms with van der Waals surface area (Å²) in [6.07, 6.45) is 9.90. The first kappa shape index (κ1) is 16.9. The molecule has 6 N–H and O–H groups in total. The molecule has 4 rings (SSSR count). The molecule has 1 aliphatic carbocycles. The fourth-order valence-electron chi connectivity index (χ4n) is 3.76. The maximum absolute atomic E-state index is 6.81. The Balaban J connectivity index is 1.66. The van der Waals surface area contributed by atoms with E-state index in [4.69, 9.17) is 11.5 Å². The lowest BCUT2D eigenvalue weighted by atomic mass is 9.78. The van der Waals surface area contributed by atoms with Crippen LogP contribution in [-0.2, 0) is 0 Å². The Hall–Kier alpha value is -1.58. The van der Waals surface area contributed by atoms with Gasteiger partial charge in [0.1, 0.15) is 5.66 Å². The lowest BCUT2D eigenvalue weighted by Crippen LogP contribution is -2.58. The molecule has 1 saturated carbocycles. The van der Waals surface area contributed by atoms with Crippen molar-refractivity contribution in [2.24, 2.45) is 17.4 Å². The van der Waals surface area contributed by atoms with E-state index in [2.05, 4.69) is 62.6 Å². The van der Waals surface area contributed by atoms with Crippen LogP contribution < -0.4 is 22.2 Å². The predicted molar refractivity (Wildman–Crippen MR) is 109 cm³/mol. The lowest BCUT2D eigenvalue weighted by molar-refractivity contribution is 0.239. The maximum atomic E-state index is 6.81. The second-order valence-corrected chi connectivity index (χ2v) is 8.22. The fraction of sp³-hybridized carbons (Fsp3) is 0.389. The average molecular weight is 450 g/mol. The van der Waals surface area contributed by atoms with Gasteiger partial charge in [-0.3, -0.25) is 0 Å². The second kappa shape index (κ2) is 6.62. The number of hydrogen-bond acceptors (Lipinski definition) is 5. The van der Waals surface area contributed by atoms with Crippen LogP contribution in [0.15, 0.2) is 42.7 Å². The predicted octanol–water partition coefficient (Wildman–Crippen LogP) is 2.67. The molecule has 7 heteroatoms. The minimum atomic E-state index is -0.613. The van der Waals surface area contributed by atoms with E-state index < -0.39 is 5.66 Å². The highest BCUT2D eigenvalue weighted by molar-refractivity contribution is 14.1. The minimum Gasteiger partial charge on any atom is -0.353 e. The molecular formula is C18H23IN6. The Bertz CT molecular complexity index is 792. The number of fused-ring (bicyclic) bond motifs is 1. The van der Waals surface area contributed by atoms with Gasteiger partial charge in [0.05, 0.1) is 5.70 Å². The number of nitrogens with two attached hydrogens (primary N) is 2. The molecule has 0 bridgehead atoms. The van der Waals surface area contributed by atoms with Crippen LogP contribution in [0.2, 0.25) is 0 Å². The molecule has 2 heterocycles. The van der Waals surface area contributed by atoms with Crippen LogP contribution in [0.4, 0.5) is 5.69 Å². The number of anilines is 1. The minimum absolute atomic E-state index is 0.306. The summed E-state index contributed by atoms with van der Waals surface area (Å²) in [7, 11) is 0. The highest BCUT2D eigenvalue weighted by Crippen LogP contribution is 2.35. The quantitative estimate of drug-likeness (QED) is 0.540. The van der Waals surface area contributed by atoms with E-state index in [-0.39, 0.29) is 0 Å². The van der Waals surface area contributed by atoms with Crippen molar-refractivity contribution in [1.82, 2.24) is 9.66 Å². The number of nitrogens with zero attached hydrogens (tertiary/aromatic N) is 2. The smallest absolute Gasteiger partial charge is 0.174 e. The number of hydrogen-bond donors (Lipinski definition) is 4. The first-order chi connectivity index (χ1) is 12.0. The highest BCUT2D eigenvalue weighted by atomic mass is 127. The van der Waals surface area contributed by atoms with Gasteiger partial charge in [0.2, 0.25) is 0 Å². The van der Waals surface area contributed by atoms with Gasteiger partial charge in [-0.2, -0.15) is 0 Å². The van der Waals surface area contributed by atoms with Gasteiger partial charge in [-0.05, 0) is 72.5 Å². The van der Waals surface area contributed by atoms with Crippen LogP contribution in [0.1, 0.15) is 31.5 Å². The topological polar surface area (TPSA) is 93.9 Å². The molecule has 1 atom stereocenters. The number of nitrogens with one attached hydrogen (secondary N) is 2. The zero-order chi connectivity index (χ0) is 17.4. The molecular weight excluding hydrogens is 427 g/mol. The Morgan fingerprint density at radius 2 is 2.08 bits per heavy atom. The molecule has 0 amide bonds. The summed E-state index contributed by atoms with van der Waals surface area (Å²) in [5.74, 6) is 1.18. The standard InChI is InChI=1S/C18H23IN6/c19-13-2-1-3-15(10-13)23-16-11-18(21,12-4-6-14(20)7-5-12)24-25-9-8-22-17(16)25/h1-3,8-12,14,23-24H,4-7,20-21H2. The third-order valence-electron chi connectivity index (χ3n) is 5.13. The van der Waals surface area contributed by atoms with Gasteiger partial charge in [0, 0.05) is 33.6 Å². The van der Waals surface area contributed by atoms with Crippen molar-refractivity contribution < 1.29 is 0 Å². The number of imidazole rings is 1. The van der Waals surface area contributed by atoms with E-state index in [0.29, 0.717) is 12.0 Å². The molecule has 1 unspecified atom stereocenters. The van der Waals surface area contributed by atoms with Crippen molar-refractivity contribution in [3.63, 3.8) is 0 Å². The van der Waals surface area contributed by atoms with E-state index in [0.717, 1.165) is 42.9 Å². The van der Waals surface area contributed by atoms with Gasteiger partial charge in [-0.1, -0.05) is 6.07 Å². The SMILES string of the molecule is NC1CCC(C2(N)C=C(Nc3cccc(I)c3)c3nccn3N2)CC1. The number of benzene rings is 1. The third kappa shape index (κ3) is 3.40. The fourth-order valence-corrected chi connectivity index (χ4v) is 4.30. The summed E-state index contributed by atoms with van der Waals surface area (Å²) in [4.78, 5) is 4.47. The summed E-state index contributed by atoms with van der Waals surface area (Å²) < 4.78 is 3.10. The van der Waals surface area contributed by atoms with Crippen LogP contribution in [0, 0.1) is 9.49 Å². The largest absolute Gasteiger partial charge is 0.353 e. The molecule has 2 aromatic rings.